The highest BCUT2D eigenvalue weighted by molar-refractivity contribution is 5.88. The number of benzene rings is 2. The highest BCUT2D eigenvalue weighted by atomic mass is 16.5. The molecule has 0 atom stereocenters. The van der Waals surface area contributed by atoms with Crippen molar-refractivity contribution in [3.05, 3.63) is 72.3 Å². The molecule has 0 aliphatic carbocycles. The normalized spacial score (nSPS) is 10.7. The predicted octanol–water partition coefficient (Wildman–Crippen LogP) is 6.54. The zero-order valence-electron chi connectivity index (χ0n) is 20.8. The summed E-state index contributed by atoms with van der Waals surface area (Å²) in [5, 5.41) is 0. The third kappa shape index (κ3) is 11.9. The van der Waals surface area contributed by atoms with Crippen LogP contribution in [0.25, 0.3) is 6.08 Å². The highest BCUT2D eigenvalue weighted by Crippen LogP contribution is 2.19. The molecule has 2 aromatic rings. The topological polar surface area (TPSA) is 71.1 Å². The van der Waals surface area contributed by atoms with Crippen molar-refractivity contribution in [3.63, 3.8) is 0 Å². The van der Waals surface area contributed by atoms with Crippen LogP contribution in [0, 0.1) is 0 Å². The minimum Gasteiger partial charge on any atom is -0.494 e. The minimum atomic E-state index is -0.445. The van der Waals surface area contributed by atoms with Crippen LogP contribution >= 0.6 is 0 Å². The van der Waals surface area contributed by atoms with Gasteiger partial charge in [-0.1, -0.05) is 32.1 Å². The molecule has 0 aliphatic rings. The summed E-state index contributed by atoms with van der Waals surface area (Å²) in [6.07, 6.45) is 8.92. The van der Waals surface area contributed by atoms with Crippen molar-refractivity contribution in [3.8, 4) is 17.2 Å². The van der Waals surface area contributed by atoms with Crippen LogP contribution in [-0.2, 0) is 14.3 Å². The first-order valence-corrected chi connectivity index (χ1v) is 12.2. The lowest BCUT2D eigenvalue weighted by atomic mass is 10.2. The maximum atomic E-state index is 12.1. The minimum absolute atomic E-state index is 0.332. The smallest absolute Gasteiger partial charge is 0.336 e. The van der Waals surface area contributed by atoms with E-state index in [1.165, 1.54) is 6.08 Å². The molecule has 0 bridgehead atoms. The first-order chi connectivity index (χ1) is 17.0. The summed E-state index contributed by atoms with van der Waals surface area (Å²) in [5.41, 5.74) is 1.30. The summed E-state index contributed by atoms with van der Waals surface area (Å²) >= 11 is 0. The number of rotatable bonds is 16. The van der Waals surface area contributed by atoms with Gasteiger partial charge in [0.05, 0.1) is 19.8 Å². The Balaban J connectivity index is 1.62. The lowest BCUT2D eigenvalue weighted by Gasteiger charge is -2.07. The third-order valence-corrected chi connectivity index (χ3v) is 4.99. The number of carbonyl (C=O) groups is 2. The number of esters is 2. The van der Waals surface area contributed by atoms with Gasteiger partial charge in [-0.25, -0.2) is 9.59 Å². The van der Waals surface area contributed by atoms with Crippen molar-refractivity contribution in [2.45, 2.75) is 52.4 Å². The van der Waals surface area contributed by atoms with Crippen molar-refractivity contribution in [1.82, 2.24) is 0 Å². The van der Waals surface area contributed by atoms with Crippen LogP contribution in [0.3, 0.4) is 0 Å². The standard InChI is InChI=1S/C29H36O6/c1-4-5-20-32-26-15-17-27(18-16-26)35-28(30)19-12-24-10-13-25(14-11-24)33-21-8-6-7-9-22-34-29(31)23(2)3/h10-19H,2,4-9,20-22H2,1,3H3. The fraction of sp³-hybridized carbons (Fsp3) is 0.379. The Kier molecular flexibility index (Phi) is 12.8. The third-order valence-electron chi connectivity index (χ3n) is 4.99. The molecule has 35 heavy (non-hydrogen) atoms. The molecule has 0 saturated heterocycles. The van der Waals surface area contributed by atoms with E-state index in [4.69, 9.17) is 18.9 Å². The summed E-state index contributed by atoms with van der Waals surface area (Å²) in [6.45, 7) is 9.04. The Bertz CT molecular complexity index is 944. The number of hydrogen-bond donors (Lipinski definition) is 0. The van der Waals surface area contributed by atoms with Gasteiger partial charge in [0.1, 0.15) is 17.2 Å². The second-order valence-corrected chi connectivity index (χ2v) is 8.18. The van der Waals surface area contributed by atoms with Crippen LogP contribution < -0.4 is 14.2 Å². The Morgan fingerprint density at radius 2 is 1.31 bits per heavy atom. The fourth-order valence-corrected chi connectivity index (χ4v) is 2.96. The summed E-state index contributed by atoms with van der Waals surface area (Å²) in [5.74, 6) is 1.24. The molecule has 0 unspecified atom stereocenters. The Labute approximate surface area is 208 Å². The van der Waals surface area contributed by atoms with Gasteiger partial charge in [0, 0.05) is 11.6 Å². The van der Waals surface area contributed by atoms with Gasteiger partial charge in [0.2, 0.25) is 0 Å². The lowest BCUT2D eigenvalue weighted by Crippen LogP contribution is -2.06. The molecular formula is C29H36O6. The van der Waals surface area contributed by atoms with Crippen LogP contribution in [0.15, 0.2) is 66.8 Å². The van der Waals surface area contributed by atoms with Crippen molar-refractivity contribution in [1.29, 1.82) is 0 Å². The van der Waals surface area contributed by atoms with Gasteiger partial charge in [-0.15, -0.1) is 0 Å². The molecule has 188 valence electrons. The molecular weight excluding hydrogens is 444 g/mol. The molecule has 2 aromatic carbocycles. The zero-order chi connectivity index (χ0) is 25.3. The molecule has 0 aliphatic heterocycles. The molecule has 6 heteroatoms. The van der Waals surface area contributed by atoms with E-state index < -0.39 is 5.97 Å². The van der Waals surface area contributed by atoms with Crippen LogP contribution in [0.1, 0.15) is 57.9 Å². The molecule has 2 rings (SSSR count). The average molecular weight is 481 g/mol. The summed E-state index contributed by atoms with van der Waals surface area (Å²) in [6, 6.07) is 14.5. The van der Waals surface area contributed by atoms with Crippen LogP contribution in [0.4, 0.5) is 0 Å². The average Bonchev–Trinajstić information content (AvgIpc) is 2.86. The lowest BCUT2D eigenvalue weighted by molar-refractivity contribution is -0.139. The fourth-order valence-electron chi connectivity index (χ4n) is 2.96. The molecule has 0 heterocycles. The number of unbranched alkanes of at least 4 members (excludes halogenated alkanes) is 4. The van der Waals surface area contributed by atoms with Gasteiger partial charge < -0.3 is 18.9 Å². The first kappa shape index (κ1) is 27.7. The first-order valence-electron chi connectivity index (χ1n) is 12.2. The highest BCUT2D eigenvalue weighted by Gasteiger charge is 2.03. The van der Waals surface area contributed by atoms with Crippen LogP contribution in [0.5, 0.6) is 17.2 Å². The number of carbonyl (C=O) groups excluding carboxylic acids is 2. The zero-order valence-corrected chi connectivity index (χ0v) is 20.8. The van der Waals surface area contributed by atoms with Gasteiger partial charge in [-0.05, 0) is 87.1 Å². The molecule has 0 N–H and O–H groups in total. The molecule has 0 aromatic heterocycles. The van der Waals surface area contributed by atoms with Crippen molar-refractivity contribution in [2.75, 3.05) is 19.8 Å². The van der Waals surface area contributed by atoms with Gasteiger partial charge in [-0.2, -0.15) is 0 Å². The van der Waals surface area contributed by atoms with Gasteiger partial charge in [-0.3, -0.25) is 0 Å². The van der Waals surface area contributed by atoms with E-state index in [1.807, 2.05) is 24.3 Å². The van der Waals surface area contributed by atoms with E-state index in [0.29, 0.717) is 31.1 Å². The van der Waals surface area contributed by atoms with E-state index in [9.17, 15) is 9.59 Å². The summed E-state index contributed by atoms with van der Waals surface area (Å²) < 4.78 is 21.8. The Morgan fingerprint density at radius 1 is 0.771 bits per heavy atom. The van der Waals surface area contributed by atoms with E-state index >= 15 is 0 Å². The van der Waals surface area contributed by atoms with Crippen LogP contribution in [-0.4, -0.2) is 31.8 Å². The van der Waals surface area contributed by atoms with Gasteiger partial charge in [0.15, 0.2) is 0 Å². The number of hydrogen-bond acceptors (Lipinski definition) is 6. The second kappa shape index (κ2) is 16.1. The van der Waals surface area contributed by atoms with Crippen molar-refractivity contribution >= 4 is 18.0 Å². The van der Waals surface area contributed by atoms with Gasteiger partial charge in [0.25, 0.3) is 0 Å². The van der Waals surface area contributed by atoms with Crippen molar-refractivity contribution in [2.24, 2.45) is 0 Å². The monoisotopic (exact) mass is 480 g/mol. The van der Waals surface area contributed by atoms with Crippen LogP contribution in [0.2, 0.25) is 0 Å². The molecule has 0 saturated carbocycles. The summed E-state index contributed by atoms with van der Waals surface area (Å²) in [7, 11) is 0. The molecule has 6 nitrogen and oxygen atoms in total. The van der Waals surface area contributed by atoms with E-state index in [0.717, 1.165) is 55.6 Å². The van der Waals surface area contributed by atoms with Gasteiger partial charge >= 0.3 is 11.9 Å². The molecule has 0 radical (unpaired) electrons. The maximum absolute atomic E-state index is 12.1. The van der Waals surface area contributed by atoms with Crippen molar-refractivity contribution < 1.29 is 28.5 Å². The maximum Gasteiger partial charge on any atom is 0.336 e. The molecule has 0 fully saturated rings. The SMILES string of the molecule is C=C(C)C(=O)OCCCCCCOc1ccc(C=CC(=O)Oc2ccc(OCCCC)cc2)cc1. The quantitative estimate of drug-likeness (QED) is 0.118. The molecule has 0 amide bonds. The largest absolute Gasteiger partial charge is 0.494 e. The van der Waals surface area contributed by atoms with E-state index in [2.05, 4.69) is 13.5 Å². The summed E-state index contributed by atoms with van der Waals surface area (Å²) in [4.78, 5) is 23.4. The van der Waals surface area contributed by atoms with E-state index in [1.54, 1.807) is 37.3 Å². The predicted molar refractivity (Wildman–Crippen MR) is 138 cm³/mol. The second-order valence-electron chi connectivity index (χ2n) is 8.18. The number of ether oxygens (including phenoxy) is 4. The van der Waals surface area contributed by atoms with E-state index in [-0.39, 0.29) is 5.97 Å². The Morgan fingerprint density at radius 3 is 1.91 bits per heavy atom. The Hall–Kier alpha value is -3.54. The molecule has 0 spiro atoms.